The molecule has 1 aromatic carbocycles. The molecule has 0 amide bonds. The molecule has 0 saturated carbocycles. The quantitative estimate of drug-likeness (QED) is 0.690. The minimum Gasteiger partial charge on any atom is -0.495 e. The van der Waals surface area contributed by atoms with Crippen molar-refractivity contribution in [2.75, 3.05) is 57.3 Å². The molecule has 0 atom stereocenters. The summed E-state index contributed by atoms with van der Waals surface area (Å²) in [4.78, 5) is 17.1. The SMILES string of the molecule is COc1ccccc1S(=O)(=O)NCc1nc(N(C)C)nc(N2CCOCC2)n1. The fourth-order valence-corrected chi connectivity index (χ4v) is 3.81. The summed E-state index contributed by atoms with van der Waals surface area (Å²) in [6.45, 7) is 2.46. The lowest BCUT2D eigenvalue weighted by Crippen LogP contribution is -2.38. The number of benzene rings is 1. The molecule has 1 fully saturated rings. The van der Waals surface area contributed by atoms with Gasteiger partial charge in [0.25, 0.3) is 0 Å². The number of ether oxygens (including phenoxy) is 2. The maximum absolute atomic E-state index is 12.7. The Morgan fingerprint density at radius 3 is 2.57 bits per heavy atom. The maximum Gasteiger partial charge on any atom is 0.244 e. The number of nitrogens with one attached hydrogen (secondary N) is 1. The second-order valence-electron chi connectivity index (χ2n) is 6.32. The standard InChI is InChI=1S/C17H24N6O4S/c1-22(2)16-19-15(20-17(21-16)23-8-10-27-11-9-23)12-18-28(24,25)14-7-5-4-6-13(14)26-3/h4-7,18H,8-12H2,1-3H3. The summed E-state index contributed by atoms with van der Waals surface area (Å²) in [6.07, 6.45) is 0. The van der Waals surface area contributed by atoms with E-state index in [1.165, 1.54) is 13.2 Å². The minimum absolute atomic E-state index is 0.0628. The highest BCUT2D eigenvalue weighted by Crippen LogP contribution is 2.22. The van der Waals surface area contributed by atoms with Crippen LogP contribution in [0.5, 0.6) is 5.75 Å². The van der Waals surface area contributed by atoms with Crippen molar-refractivity contribution in [1.82, 2.24) is 19.7 Å². The van der Waals surface area contributed by atoms with Gasteiger partial charge >= 0.3 is 0 Å². The van der Waals surface area contributed by atoms with E-state index in [9.17, 15) is 8.42 Å². The largest absolute Gasteiger partial charge is 0.495 e. The molecular formula is C17H24N6O4S. The lowest BCUT2D eigenvalue weighted by atomic mass is 10.3. The van der Waals surface area contributed by atoms with Crippen LogP contribution in [0, 0.1) is 0 Å². The summed E-state index contributed by atoms with van der Waals surface area (Å²) in [5.41, 5.74) is 0. The van der Waals surface area contributed by atoms with E-state index in [-0.39, 0.29) is 17.2 Å². The van der Waals surface area contributed by atoms with Gasteiger partial charge in [-0.15, -0.1) is 0 Å². The number of anilines is 2. The number of hydrogen-bond acceptors (Lipinski definition) is 9. The van der Waals surface area contributed by atoms with Crippen LogP contribution in [0.3, 0.4) is 0 Å². The van der Waals surface area contributed by atoms with Gasteiger partial charge < -0.3 is 19.3 Å². The van der Waals surface area contributed by atoms with E-state index in [4.69, 9.17) is 9.47 Å². The van der Waals surface area contributed by atoms with Crippen LogP contribution in [0.15, 0.2) is 29.2 Å². The summed E-state index contributed by atoms with van der Waals surface area (Å²) < 4.78 is 38.4. The summed E-state index contributed by atoms with van der Waals surface area (Å²) in [6, 6.07) is 6.43. The fourth-order valence-electron chi connectivity index (χ4n) is 2.66. The van der Waals surface area contributed by atoms with Gasteiger partial charge in [-0.05, 0) is 12.1 Å². The highest BCUT2D eigenvalue weighted by atomic mass is 32.2. The second-order valence-corrected chi connectivity index (χ2v) is 8.06. The average molecular weight is 408 g/mol. The van der Waals surface area contributed by atoms with Gasteiger partial charge in [-0.25, -0.2) is 13.1 Å². The lowest BCUT2D eigenvalue weighted by molar-refractivity contribution is 0.122. The Morgan fingerprint density at radius 2 is 1.89 bits per heavy atom. The van der Waals surface area contributed by atoms with Gasteiger partial charge in [0.05, 0.1) is 26.9 Å². The molecule has 152 valence electrons. The molecule has 2 aromatic rings. The number of morpholine rings is 1. The zero-order valence-electron chi connectivity index (χ0n) is 16.1. The zero-order chi connectivity index (χ0) is 20.1. The van der Waals surface area contributed by atoms with Crippen molar-refractivity contribution in [3.63, 3.8) is 0 Å². The Kier molecular flexibility index (Phi) is 6.27. The second kappa shape index (κ2) is 8.67. The van der Waals surface area contributed by atoms with E-state index in [0.29, 0.717) is 44.0 Å². The first-order valence-corrected chi connectivity index (χ1v) is 10.3. The first kappa shape index (κ1) is 20.2. The van der Waals surface area contributed by atoms with Gasteiger partial charge in [-0.1, -0.05) is 12.1 Å². The van der Waals surface area contributed by atoms with Crippen molar-refractivity contribution in [2.45, 2.75) is 11.4 Å². The molecule has 11 heteroatoms. The molecule has 0 unspecified atom stereocenters. The van der Waals surface area contributed by atoms with Crippen LogP contribution in [0.4, 0.5) is 11.9 Å². The van der Waals surface area contributed by atoms with E-state index in [1.54, 1.807) is 23.1 Å². The third kappa shape index (κ3) is 4.66. The van der Waals surface area contributed by atoms with Crippen LogP contribution in [-0.4, -0.2) is 70.9 Å². The third-order valence-corrected chi connectivity index (χ3v) is 5.57. The first-order chi connectivity index (χ1) is 13.4. The van der Waals surface area contributed by atoms with E-state index in [1.807, 2.05) is 19.0 Å². The zero-order valence-corrected chi connectivity index (χ0v) is 16.9. The normalized spacial score (nSPS) is 14.8. The smallest absolute Gasteiger partial charge is 0.244 e. The van der Waals surface area contributed by atoms with Crippen LogP contribution < -0.4 is 19.3 Å². The highest BCUT2D eigenvalue weighted by Gasteiger charge is 2.21. The number of sulfonamides is 1. The van der Waals surface area contributed by atoms with Crippen molar-refractivity contribution in [2.24, 2.45) is 0 Å². The van der Waals surface area contributed by atoms with Crippen molar-refractivity contribution < 1.29 is 17.9 Å². The molecule has 1 aliphatic rings. The Morgan fingerprint density at radius 1 is 1.18 bits per heavy atom. The number of hydrogen-bond donors (Lipinski definition) is 1. The van der Waals surface area contributed by atoms with E-state index in [0.717, 1.165) is 0 Å². The number of nitrogens with zero attached hydrogens (tertiary/aromatic N) is 5. The van der Waals surface area contributed by atoms with Gasteiger partial charge in [0.15, 0.2) is 5.82 Å². The Bertz CT molecular complexity index is 916. The van der Waals surface area contributed by atoms with Gasteiger partial charge in [-0.3, -0.25) is 0 Å². The predicted octanol–water partition coefficient (Wildman–Crippen LogP) is 0.261. The minimum atomic E-state index is -3.79. The molecule has 1 saturated heterocycles. The van der Waals surface area contributed by atoms with E-state index >= 15 is 0 Å². The molecule has 0 aliphatic carbocycles. The van der Waals surface area contributed by atoms with Crippen LogP contribution >= 0.6 is 0 Å². The monoisotopic (exact) mass is 408 g/mol. The molecular weight excluding hydrogens is 384 g/mol. The molecule has 2 heterocycles. The molecule has 0 bridgehead atoms. The number of para-hydroxylation sites is 1. The van der Waals surface area contributed by atoms with Crippen LogP contribution in [0.2, 0.25) is 0 Å². The summed E-state index contributed by atoms with van der Waals surface area (Å²) >= 11 is 0. The Hall–Kier alpha value is -2.50. The third-order valence-electron chi connectivity index (χ3n) is 4.13. The van der Waals surface area contributed by atoms with Gasteiger partial charge in [0.1, 0.15) is 10.6 Å². The first-order valence-electron chi connectivity index (χ1n) is 8.78. The molecule has 0 spiro atoms. The van der Waals surface area contributed by atoms with Gasteiger partial charge in [-0.2, -0.15) is 15.0 Å². The molecule has 0 radical (unpaired) electrons. The van der Waals surface area contributed by atoms with Crippen molar-refractivity contribution in [1.29, 1.82) is 0 Å². The van der Waals surface area contributed by atoms with Crippen LogP contribution in [0.1, 0.15) is 5.82 Å². The number of methoxy groups -OCH3 is 1. The number of aromatic nitrogens is 3. The predicted molar refractivity (Wildman–Crippen MR) is 104 cm³/mol. The van der Waals surface area contributed by atoms with Crippen LogP contribution in [-0.2, 0) is 21.3 Å². The Labute approximate surface area is 164 Å². The van der Waals surface area contributed by atoms with Crippen molar-refractivity contribution >= 4 is 21.9 Å². The molecule has 28 heavy (non-hydrogen) atoms. The Balaban J connectivity index is 1.84. The van der Waals surface area contributed by atoms with E-state index < -0.39 is 10.0 Å². The van der Waals surface area contributed by atoms with Crippen LogP contribution in [0.25, 0.3) is 0 Å². The topological polar surface area (TPSA) is 110 Å². The summed E-state index contributed by atoms with van der Waals surface area (Å²) in [7, 11) is 1.28. The average Bonchev–Trinajstić information content (AvgIpc) is 2.72. The molecule has 3 rings (SSSR count). The van der Waals surface area contributed by atoms with E-state index in [2.05, 4.69) is 19.7 Å². The van der Waals surface area contributed by atoms with Crippen molar-refractivity contribution in [3.8, 4) is 5.75 Å². The van der Waals surface area contributed by atoms with Gasteiger partial charge in [0.2, 0.25) is 21.9 Å². The highest BCUT2D eigenvalue weighted by molar-refractivity contribution is 7.89. The number of rotatable bonds is 7. The lowest BCUT2D eigenvalue weighted by Gasteiger charge is -2.27. The summed E-state index contributed by atoms with van der Waals surface area (Å²) in [5, 5.41) is 0. The molecule has 1 aromatic heterocycles. The van der Waals surface area contributed by atoms with Crippen molar-refractivity contribution in [3.05, 3.63) is 30.1 Å². The molecule has 10 nitrogen and oxygen atoms in total. The maximum atomic E-state index is 12.7. The molecule has 1 aliphatic heterocycles. The summed E-state index contributed by atoms with van der Waals surface area (Å²) in [5.74, 6) is 1.57. The fraction of sp³-hybridized carbons (Fsp3) is 0.471. The van der Waals surface area contributed by atoms with Gasteiger partial charge in [0, 0.05) is 27.2 Å². The molecule has 1 N–H and O–H groups in total.